The number of aliphatic hydroxyl groups excluding tert-OH is 1. The second kappa shape index (κ2) is 4.25. The van der Waals surface area contributed by atoms with E-state index in [-0.39, 0.29) is 12.1 Å². The molecule has 2 rings (SSSR count). The molecule has 0 saturated carbocycles. The standard InChI is InChI=1S/C12H16N4O/c1-12(2,8-17)16(3)10-5-4-9-11(15-10)14-7-6-13-9/h4-7,17H,8H2,1-3H3. The maximum absolute atomic E-state index is 9.34. The van der Waals surface area contributed by atoms with Crippen molar-refractivity contribution >= 4 is 17.0 Å². The van der Waals surface area contributed by atoms with Crippen molar-refractivity contribution in [3.8, 4) is 0 Å². The molecule has 2 aromatic heterocycles. The highest BCUT2D eigenvalue weighted by molar-refractivity contribution is 5.71. The van der Waals surface area contributed by atoms with Crippen molar-refractivity contribution in [2.75, 3.05) is 18.6 Å². The summed E-state index contributed by atoms with van der Waals surface area (Å²) < 4.78 is 0. The maximum atomic E-state index is 9.34. The molecular weight excluding hydrogens is 216 g/mol. The van der Waals surface area contributed by atoms with Crippen LogP contribution in [0.3, 0.4) is 0 Å². The van der Waals surface area contributed by atoms with Gasteiger partial charge in [0, 0.05) is 19.4 Å². The lowest BCUT2D eigenvalue weighted by atomic mass is 10.1. The number of fused-ring (bicyclic) bond motifs is 1. The van der Waals surface area contributed by atoms with Gasteiger partial charge in [-0.15, -0.1) is 0 Å². The minimum atomic E-state index is -0.358. The summed E-state index contributed by atoms with van der Waals surface area (Å²) >= 11 is 0. The lowest BCUT2D eigenvalue weighted by Gasteiger charge is -2.34. The molecule has 0 aliphatic carbocycles. The summed E-state index contributed by atoms with van der Waals surface area (Å²) in [6, 6.07) is 3.77. The van der Waals surface area contributed by atoms with Gasteiger partial charge in [0.1, 0.15) is 11.3 Å². The van der Waals surface area contributed by atoms with Gasteiger partial charge in [0.2, 0.25) is 0 Å². The van der Waals surface area contributed by atoms with Crippen LogP contribution in [0.15, 0.2) is 24.5 Å². The van der Waals surface area contributed by atoms with E-state index < -0.39 is 0 Å². The highest BCUT2D eigenvalue weighted by Crippen LogP contribution is 2.21. The van der Waals surface area contributed by atoms with Crippen molar-refractivity contribution in [3.63, 3.8) is 0 Å². The summed E-state index contributed by atoms with van der Waals surface area (Å²) in [6.07, 6.45) is 3.27. The zero-order valence-corrected chi connectivity index (χ0v) is 10.3. The number of pyridine rings is 1. The third-order valence-electron chi connectivity index (χ3n) is 2.96. The Morgan fingerprint density at radius 1 is 1.24 bits per heavy atom. The molecule has 2 aromatic rings. The third-order valence-corrected chi connectivity index (χ3v) is 2.96. The van der Waals surface area contributed by atoms with Gasteiger partial charge in [0.25, 0.3) is 0 Å². The number of hydrogen-bond donors (Lipinski definition) is 1. The van der Waals surface area contributed by atoms with Crippen LogP contribution >= 0.6 is 0 Å². The number of anilines is 1. The van der Waals surface area contributed by atoms with E-state index in [1.165, 1.54) is 0 Å². The van der Waals surface area contributed by atoms with Crippen molar-refractivity contribution in [2.24, 2.45) is 0 Å². The molecule has 1 N–H and O–H groups in total. The monoisotopic (exact) mass is 232 g/mol. The van der Waals surface area contributed by atoms with Gasteiger partial charge in [-0.05, 0) is 26.0 Å². The highest BCUT2D eigenvalue weighted by Gasteiger charge is 2.23. The Hall–Kier alpha value is -1.75. The molecule has 0 aromatic carbocycles. The summed E-state index contributed by atoms with van der Waals surface area (Å²) in [5.41, 5.74) is 1.03. The van der Waals surface area contributed by atoms with Crippen LogP contribution in [0.2, 0.25) is 0 Å². The van der Waals surface area contributed by atoms with Gasteiger partial charge in [-0.1, -0.05) is 0 Å². The molecule has 2 heterocycles. The van der Waals surface area contributed by atoms with Crippen LogP contribution in [-0.2, 0) is 0 Å². The third kappa shape index (κ3) is 2.19. The zero-order chi connectivity index (χ0) is 12.5. The number of aromatic nitrogens is 3. The molecule has 0 aliphatic rings. The van der Waals surface area contributed by atoms with Crippen molar-refractivity contribution in [1.29, 1.82) is 0 Å². The molecule has 0 saturated heterocycles. The average Bonchev–Trinajstić information content (AvgIpc) is 2.37. The maximum Gasteiger partial charge on any atom is 0.180 e. The molecule has 0 fully saturated rings. The first-order chi connectivity index (χ1) is 8.04. The van der Waals surface area contributed by atoms with E-state index in [2.05, 4.69) is 15.0 Å². The molecule has 5 heteroatoms. The SMILES string of the molecule is CN(c1ccc2nccnc2n1)C(C)(C)CO. The van der Waals surface area contributed by atoms with Crippen molar-refractivity contribution in [1.82, 2.24) is 15.0 Å². The van der Waals surface area contributed by atoms with Gasteiger partial charge in [-0.3, -0.25) is 4.98 Å². The number of hydrogen-bond acceptors (Lipinski definition) is 5. The van der Waals surface area contributed by atoms with Crippen LogP contribution in [0.4, 0.5) is 5.82 Å². The van der Waals surface area contributed by atoms with E-state index in [0.717, 1.165) is 11.3 Å². The van der Waals surface area contributed by atoms with Crippen LogP contribution in [0.1, 0.15) is 13.8 Å². The summed E-state index contributed by atoms with van der Waals surface area (Å²) in [4.78, 5) is 14.7. The van der Waals surface area contributed by atoms with Crippen LogP contribution in [0, 0.1) is 0 Å². The van der Waals surface area contributed by atoms with E-state index in [1.54, 1.807) is 12.4 Å². The van der Waals surface area contributed by atoms with E-state index >= 15 is 0 Å². The van der Waals surface area contributed by atoms with Gasteiger partial charge in [0.15, 0.2) is 5.65 Å². The number of aliphatic hydroxyl groups is 1. The van der Waals surface area contributed by atoms with Crippen molar-refractivity contribution in [2.45, 2.75) is 19.4 Å². The van der Waals surface area contributed by atoms with Crippen LogP contribution < -0.4 is 4.90 Å². The topological polar surface area (TPSA) is 62.1 Å². The molecule has 0 atom stereocenters. The predicted molar refractivity (Wildman–Crippen MR) is 66.9 cm³/mol. The van der Waals surface area contributed by atoms with Gasteiger partial charge >= 0.3 is 0 Å². The van der Waals surface area contributed by atoms with Crippen LogP contribution in [0.5, 0.6) is 0 Å². The molecule has 0 radical (unpaired) electrons. The first-order valence-corrected chi connectivity index (χ1v) is 5.47. The quantitative estimate of drug-likeness (QED) is 0.862. The first kappa shape index (κ1) is 11.7. The molecule has 5 nitrogen and oxygen atoms in total. The summed E-state index contributed by atoms with van der Waals surface area (Å²) in [5, 5.41) is 9.34. The zero-order valence-electron chi connectivity index (χ0n) is 10.3. The lowest BCUT2D eigenvalue weighted by Crippen LogP contribution is -2.44. The molecular formula is C12H16N4O. The van der Waals surface area contributed by atoms with Crippen LogP contribution in [-0.4, -0.2) is 39.3 Å². The normalized spacial score (nSPS) is 11.8. The summed E-state index contributed by atoms with van der Waals surface area (Å²) in [6.45, 7) is 3.97. The Morgan fingerprint density at radius 3 is 2.65 bits per heavy atom. The Kier molecular flexibility index (Phi) is 2.93. The van der Waals surface area contributed by atoms with Crippen LogP contribution in [0.25, 0.3) is 11.2 Å². The van der Waals surface area contributed by atoms with Gasteiger partial charge in [-0.2, -0.15) is 0 Å². The number of rotatable bonds is 3. The summed E-state index contributed by atoms with van der Waals surface area (Å²) in [5.74, 6) is 0.775. The highest BCUT2D eigenvalue weighted by atomic mass is 16.3. The Labute approximate surface area is 100 Å². The average molecular weight is 232 g/mol. The van der Waals surface area contributed by atoms with Crippen molar-refractivity contribution < 1.29 is 5.11 Å². The smallest absolute Gasteiger partial charge is 0.180 e. The molecule has 17 heavy (non-hydrogen) atoms. The molecule has 0 spiro atoms. The second-order valence-corrected chi connectivity index (χ2v) is 4.60. The summed E-state index contributed by atoms with van der Waals surface area (Å²) in [7, 11) is 1.90. The van der Waals surface area contributed by atoms with E-state index in [4.69, 9.17) is 0 Å². The molecule has 0 amide bonds. The fraction of sp³-hybridized carbons (Fsp3) is 0.417. The molecule has 0 unspecified atom stereocenters. The van der Waals surface area contributed by atoms with Gasteiger partial charge in [-0.25, -0.2) is 9.97 Å². The van der Waals surface area contributed by atoms with Gasteiger partial charge in [0.05, 0.1) is 12.1 Å². The van der Waals surface area contributed by atoms with Crippen molar-refractivity contribution in [3.05, 3.63) is 24.5 Å². The fourth-order valence-corrected chi connectivity index (χ4v) is 1.45. The second-order valence-electron chi connectivity index (χ2n) is 4.60. The Balaban J connectivity index is 2.43. The Bertz CT molecular complexity index is 527. The predicted octanol–water partition coefficient (Wildman–Crippen LogP) is 1.23. The van der Waals surface area contributed by atoms with E-state index in [1.807, 2.05) is 37.9 Å². The molecule has 90 valence electrons. The fourth-order valence-electron chi connectivity index (χ4n) is 1.45. The molecule has 0 bridgehead atoms. The van der Waals surface area contributed by atoms with E-state index in [0.29, 0.717) is 5.65 Å². The van der Waals surface area contributed by atoms with E-state index in [9.17, 15) is 5.11 Å². The lowest BCUT2D eigenvalue weighted by molar-refractivity contribution is 0.215. The Morgan fingerprint density at radius 2 is 1.94 bits per heavy atom. The first-order valence-electron chi connectivity index (χ1n) is 5.47. The number of likely N-dealkylation sites (N-methyl/N-ethyl adjacent to an activating group) is 1. The largest absolute Gasteiger partial charge is 0.394 e. The van der Waals surface area contributed by atoms with Gasteiger partial charge < -0.3 is 10.0 Å². The minimum absolute atomic E-state index is 0.0592. The molecule has 0 aliphatic heterocycles. The number of nitrogens with zero attached hydrogens (tertiary/aromatic N) is 4. The minimum Gasteiger partial charge on any atom is -0.394 e.